The molecule has 0 spiro atoms. The predicted molar refractivity (Wildman–Crippen MR) is 208 cm³/mol. The van der Waals surface area contributed by atoms with Crippen molar-refractivity contribution in [1.29, 1.82) is 0 Å². The van der Waals surface area contributed by atoms with Gasteiger partial charge in [0.25, 0.3) is 0 Å². The summed E-state index contributed by atoms with van der Waals surface area (Å²) in [6.07, 6.45) is 0.201. The van der Waals surface area contributed by atoms with Gasteiger partial charge in [0.1, 0.15) is 11.5 Å². The summed E-state index contributed by atoms with van der Waals surface area (Å²) < 4.78 is 30.1. The van der Waals surface area contributed by atoms with Crippen LogP contribution in [0.1, 0.15) is 152 Å². The maximum Gasteiger partial charge on any atom is 0.431 e. The summed E-state index contributed by atoms with van der Waals surface area (Å²) >= 11 is 0. The maximum atomic E-state index is 16.1. The van der Waals surface area contributed by atoms with E-state index in [1.165, 1.54) is 11.1 Å². The Morgan fingerprint density at radius 2 is 0.812 bits per heavy atom. The Bertz CT molecular complexity index is 1510. The lowest BCUT2D eigenvalue weighted by atomic mass is 9.52. The van der Waals surface area contributed by atoms with Crippen LogP contribution in [-0.4, -0.2) is 6.16 Å². The molecule has 0 amide bonds. The predicted octanol–water partition coefficient (Wildman–Crippen LogP) is 13.6. The summed E-state index contributed by atoms with van der Waals surface area (Å²) in [5.74, 6) is 1.24. The first-order valence-electron chi connectivity index (χ1n) is 17.8. The van der Waals surface area contributed by atoms with E-state index in [2.05, 4.69) is 173 Å². The zero-order valence-electron chi connectivity index (χ0n) is 33.7. The monoisotopic (exact) mass is 674 g/mol. The lowest BCUT2D eigenvalue weighted by Gasteiger charge is -2.54. The highest BCUT2D eigenvalue weighted by Gasteiger charge is 2.57. The Balaban J connectivity index is 2.43. The average molecular weight is 675 g/mol. The standard InChI is InChI=1S/C44H67O3P/c1-38(2,3)32-24-26-36(34(28-32)40(7,8)9)46-48(45,47-37-27-25-33(39(4,5)6)29-35(37)41(10,11)12)30-44(42(13,14)15,43(16,17)18)31-22-20-19-21-23-31/h19-29H,30H2,1-18H3. The molecule has 0 fully saturated rings. The third-order valence-electron chi connectivity index (χ3n) is 10.0. The Morgan fingerprint density at radius 3 is 1.10 bits per heavy atom. The minimum Gasteiger partial charge on any atom is -0.416 e. The van der Waals surface area contributed by atoms with Crippen LogP contribution in [0.25, 0.3) is 0 Å². The minimum absolute atomic E-state index is 0.0456. The summed E-state index contributed by atoms with van der Waals surface area (Å²) in [5.41, 5.74) is 3.82. The molecule has 0 heterocycles. The van der Waals surface area contributed by atoms with Gasteiger partial charge in [-0.3, -0.25) is 0 Å². The Labute approximate surface area is 295 Å². The molecule has 0 N–H and O–H groups in total. The highest BCUT2D eigenvalue weighted by Crippen LogP contribution is 2.63. The summed E-state index contributed by atoms with van der Waals surface area (Å²) in [6, 6.07) is 23.3. The van der Waals surface area contributed by atoms with E-state index in [0.29, 0.717) is 11.5 Å². The number of hydrogen-bond acceptors (Lipinski definition) is 3. The zero-order valence-corrected chi connectivity index (χ0v) is 34.6. The highest BCUT2D eigenvalue weighted by atomic mass is 31.2. The molecule has 3 rings (SSSR count). The van der Waals surface area contributed by atoms with E-state index in [1.807, 2.05) is 18.2 Å². The third kappa shape index (κ3) is 8.61. The molecule has 0 aliphatic rings. The summed E-state index contributed by atoms with van der Waals surface area (Å²) in [6.45, 7) is 40.0. The summed E-state index contributed by atoms with van der Waals surface area (Å²) in [4.78, 5) is 0. The van der Waals surface area contributed by atoms with Crippen molar-refractivity contribution in [1.82, 2.24) is 0 Å². The number of rotatable bonds is 7. The SMILES string of the molecule is CC(C)(C)c1ccc(OP(=O)(CC(c2ccccc2)(C(C)(C)C)C(C)(C)C)Oc2ccc(C(C)(C)C)cc2C(C)(C)C)c(C(C)(C)C)c1. The van der Waals surface area contributed by atoms with Crippen LogP contribution in [0.5, 0.6) is 11.5 Å². The van der Waals surface area contributed by atoms with Gasteiger partial charge >= 0.3 is 7.60 Å². The molecule has 0 saturated carbocycles. The lowest BCUT2D eigenvalue weighted by Crippen LogP contribution is -2.53. The molecule has 0 aromatic heterocycles. The summed E-state index contributed by atoms with van der Waals surface area (Å²) in [7, 11) is -3.95. The topological polar surface area (TPSA) is 35.5 Å². The first-order valence-corrected chi connectivity index (χ1v) is 19.5. The van der Waals surface area contributed by atoms with Crippen LogP contribution in [0.4, 0.5) is 0 Å². The molecule has 3 aromatic carbocycles. The normalized spacial score (nSPS) is 14.2. The van der Waals surface area contributed by atoms with Gasteiger partial charge in [-0.25, -0.2) is 4.57 Å². The van der Waals surface area contributed by atoms with E-state index in [4.69, 9.17) is 9.05 Å². The number of hydrogen-bond donors (Lipinski definition) is 0. The van der Waals surface area contributed by atoms with Crippen molar-refractivity contribution in [3.8, 4) is 11.5 Å². The van der Waals surface area contributed by atoms with Gasteiger partial charge < -0.3 is 9.05 Å². The van der Waals surface area contributed by atoms with Gasteiger partial charge in [0, 0.05) is 16.5 Å². The lowest BCUT2D eigenvalue weighted by molar-refractivity contribution is 0.0680. The molecular weight excluding hydrogens is 607 g/mol. The fourth-order valence-corrected chi connectivity index (χ4v) is 10.1. The fraction of sp³-hybridized carbons (Fsp3) is 0.591. The zero-order chi connectivity index (χ0) is 36.9. The van der Waals surface area contributed by atoms with Crippen molar-refractivity contribution < 1.29 is 13.6 Å². The van der Waals surface area contributed by atoms with Crippen molar-refractivity contribution >= 4 is 7.60 Å². The van der Waals surface area contributed by atoms with Gasteiger partial charge in [-0.1, -0.05) is 179 Å². The molecule has 266 valence electrons. The van der Waals surface area contributed by atoms with Crippen LogP contribution in [0.2, 0.25) is 0 Å². The molecule has 0 unspecified atom stereocenters. The van der Waals surface area contributed by atoms with E-state index in [-0.39, 0.29) is 38.7 Å². The molecule has 0 bridgehead atoms. The van der Waals surface area contributed by atoms with Gasteiger partial charge in [0.15, 0.2) is 0 Å². The molecule has 0 saturated heterocycles. The van der Waals surface area contributed by atoms with Crippen molar-refractivity contribution in [3.05, 3.63) is 94.5 Å². The first-order chi connectivity index (χ1) is 21.4. The quantitative estimate of drug-likeness (QED) is 0.234. The van der Waals surface area contributed by atoms with Crippen LogP contribution >= 0.6 is 7.60 Å². The van der Waals surface area contributed by atoms with Crippen LogP contribution in [0.3, 0.4) is 0 Å². The molecule has 48 heavy (non-hydrogen) atoms. The van der Waals surface area contributed by atoms with Crippen LogP contribution in [0, 0.1) is 10.8 Å². The smallest absolute Gasteiger partial charge is 0.416 e. The van der Waals surface area contributed by atoms with Gasteiger partial charge in [0.2, 0.25) is 0 Å². The van der Waals surface area contributed by atoms with Crippen LogP contribution in [0.15, 0.2) is 66.7 Å². The Kier molecular flexibility index (Phi) is 10.8. The van der Waals surface area contributed by atoms with Gasteiger partial charge in [-0.2, -0.15) is 0 Å². The first kappa shape index (κ1) is 39.9. The fourth-order valence-electron chi connectivity index (χ4n) is 7.28. The van der Waals surface area contributed by atoms with Gasteiger partial charge in [-0.05, 0) is 61.3 Å². The van der Waals surface area contributed by atoms with Crippen molar-refractivity contribution in [2.75, 3.05) is 6.16 Å². The van der Waals surface area contributed by atoms with E-state index >= 15 is 4.57 Å². The van der Waals surface area contributed by atoms with Crippen LogP contribution in [-0.2, 0) is 31.6 Å². The van der Waals surface area contributed by atoms with Gasteiger partial charge in [-0.15, -0.1) is 0 Å². The Morgan fingerprint density at radius 1 is 0.458 bits per heavy atom. The molecule has 0 aliphatic heterocycles. The van der Waals surface area contributed by atoms with Crippen molar-refractivity contribution in [2.24, 2.45) is 10.8 Å². The van der Waals surface area contributed by atoms with Crippen molar-refractivity contribution in [3.63, 3.8) is 0 Å². The molecule has 3 nitrogen and oxygen atoms in total. The molecular formula is C44H67O3P. The maximum absolute atomic E-state index is 16.1. The molecule has 4 heteroatoms. The molecule has 0 aliphatic carbocycles. The van der Waals surface area contributed by atoms with E-state index in [0.717, 1.165) is 16.7 Å². The average Bonchev–Trinajstić information content (AvgIpc) is 2.88. The second-order valence-electron chi connectivity index (χ2n) is 20.1. The van der Waals surface area contributed by atoms with E-state index in [1.54, 1.807) is 0 Å². The van der Waals surface area contributed by atoms with E-state index in [9.17, 15) is 0 Å². The molecule has 0 radical (unpaired) electrons. The van der Waals surface area contributed by atoms with Crippen LogP contribution < -0.4 is 9.05 Å². The van der Waals surface area contributed by atoms with E-state index < -0.39 is 13.0 Å². The largest absolute Gasteiger partial charge is 0.431 e. The van der Waals surface area contributed by atoms with Gasteiger partial charge in [0.05, 0.1) is 6.16 Å². The second-order valence-corrected chi connectivity index (χ2v) is 22.0. The highest BCUT2D eigenvalue weighted by molar-refractivity contribution is 7.54. The molecule has 3 aromatic rings. The number of benzene rings is 3. The van der Waals surface area contributed by atoms with Crippen molar-refractivity contribution in [2.45, 2.75) is 152 Å². The third-order valence-corrected chi connectivity index (χ3v) is 11.9. The summed E-state index contributed by atoms with van der Waals surface area (Å²) in [5, 5.41) is 0. The second kappa shape index (κ2) is 13.0. The molecule has 0 atom stereocenters. The minimum atomic E-state index is -3.95. The Hall–Kier alpha value is -2.51.